The first kappa shape index (κ1) is 15.5. The Bertz CT molecular complexity index is 554. The van der Waals surface area contributed by atoms with Crippen molar-refractivity contribution in [2.75, 3.05) is 20.3 Å². The van der Waals surface area contributed by atoms with Crippen LogP contribution in [0.5, 0.6) is 5.75 Å². The van der Waals surface area contributed by atoms with Gasteiger partial charge in [-0.3, -0.25) is 0 Å². The van der Waals surface area contributed by atoms with Crippen LogP contribution in [0.15, 0.2) is 48.5 Å². The molecular formula is C18H23NO2. The lowest BCUT2D eigenvalue weighted by molar-refractivity contribution is 0.199. The highest BCUT2D eigenvalue weighted by Gasteiger charge is 2.04. The van der Waals surface area contributed by atoms with Crippen LogP contribution in [0.25, 0.3) is 0 Å². The van der Waals surface area contributed by atoms with E-state index >= 15 is 0 Å². The van der Waals surface area contributed by atoms with Crippen molar-refractivity contribution in [3.05, 3.63) is 65.2 Å². The van der Waals surface area contributed by atoms with E-state index in [2.05, 4.69) is 30.4 Å². The smallest absolute Gasteiger partial charge is 0.124 e. The molecule has 0 amide bonds. The molecule has 21 heavy (non-hydrogen) atoms. The number of benzene rings is 2. The van der Waals surface area contributed by atoms with Gasteiger partial charge in [0.15, 0.2) is 0 Å². The van der Waals surface area contributed by atoms with Crippen molar-refractivity contribution in [2.45, 2.75) is 20.1 Å². The van der Waals surface area contributed by atoms with Gasteiger partial charge in [0.1, 0.15) is 12.4 Å². The van der Waals surface area contributed by atoms with Gasteiger partial charge in [-0.15, -0.1) is 0 Å². The van der Waals surface area contributed by atoms with Crippen LogP contribution in [-0.4, -0.2) is 20.3 Å². The van der Waals surface area contributed by atoms with Crippen LogP contribution in [-0.2, 0) is 17.9 Å². The van der Waals surface area contributed by atoms with Crippen LogP contribution in [0.1, 0.15) is 16.7 Å². The first-order valence-electron chi connectivity index (χ1n) is 7.26. The van der Waals surface area contributed by atoms with Gasteiger partial charge in [0, 0.05) is 25.8 Å². The maximum atomic E-state index is 5.99. The molecule has 0 aliphatic carbocycles. The average molecular weight is 285 g/mol. The van der Waals surface area contributed by atoms with Gasteiger partial charge >= 0.3 is 0 Å². The minimum absolute atomic E-state index is 0.599. The van der Waals surface area contributed by atoms with Crippen LogP contribution >= 0.6 is 0 Å². The summed E-state index contributed by atoms with van der Waals surface area (Å²) in [6.45, 7) is 5.04. The SMILES string of the molecule is COCCNCc1ccccc1OCc1ccccc1C. The third kappa shape index (κ3) is 4.88. The summed E-state index contributed by atoms with van der Waals surface area (Å²) < 4.78 is 11.0. The molecule has 0 heterocycles. The molecule has 0 radical (unpaired) electrons. The van der Waals surface area contributed by atoms with Gasteiger partial charge in [-0.2, -0.15) is 0 Å². The van der Waals surface area contributed by atoms with E-state index in [1.165, 1.54) is 16.7 Å². The molecule has 0 atom stereocenters. The Balaban J connectivity index is 1.95. The van der Waals surface area contributed by atoms with E-state index in [0.29, 0.717) is 13.2 Å². The molecule has 2 aromatic rings. The highest BCUT2D eigenvalue weighted by molar-refractivity contribution is 5.34. The number of ether oxygens (including phenoxy) is 2. The Morgan fingerprint density at radius 3 is 2.43 bits per heavy atom. The summed E-state index contributed by atoms with van der Waals surface area (Å²) in [6, 6.07) is 16.5. The lowest BCUT2D eigenvalue weighted by Crippen LogP contribution is -2.19. The number of hydrogen-bond acceptors (Lipinski definition) is 3. The second-order valence-corrected chi connectivity index (χ2v) is 4.99. The number of para-hydroxylation sites is 1. The monoisotopic (exact) mass is 285 g/mol. The van der Waals surface area contributed by atoms with Crippen molar-refractivity contribution in [3.8, 4) is 5.75 Å². The second-order valence-electron chi connectivity index (χ2n) is 4.99. The fraction of sp³-hybridized carbons (Fsp3) is 0.333. The zero-order chi connectivity index (χ0) is 14.9. The number of rotatable bonds is 8. The lowest BCUT2D eigenvalue weighted by Gasteiger charge is -2.13. The molecule has 0 saturated heterocycles. The average Bonchev–Trinajstić information content (AvgIpc) is 2.52. The quantitative estimate of drug-likeness (QED) is 0.755. The predicted molar refractivity (Wildman–Crippen MR) is 85.5 cm³/mol. The maximum Gasteiger partial charge on any atom is 0.124 e. The fourth-order valence-electron chi connectivity index (χ4n) is 2.12. The van der Waals surface area contributed by atoms with Gasteiger partial charge in [0.25, 0.3) is 0 Å². The van der Waals surface area contributed by atoms with Gasteiger partial charge in [0.2, 0.25) is 0 Å². The third-order valence-electron chi connectivity index (χ3n) is 3.42. The molecule has 0 aliphatic heterocycles. The summed E-state index contributed by atoms with van der Waals surface area (Å²) >= 11 is 0. The van der Waals surface area contributed by atoms with Gasteiger partial charge in [-0.05, 0) is 24.1 Å². The van der Waals surface area contributed by atoms with Crippen LogP contribution < -0.4 is 10.1 Å². The second kappa shape index (κ2) is 8.45. The zero-order valence-electron chi connectivity index (χ0n) is 12.8. The molecule has 3 nitrogen and oxygen atoms in total. The molecule has 2 rings (SSSR count). The molecule has 0 saturated carbocycles. The van der Waals surface area contributed by atoms with Crippen LogP contribution in [0.2, 0.25) is 0 Å². The number of methoxy groups -OCH3 is 1. The largest absolute Gasteiger partial charge is 0.489 e. The Morgan fingerprint density at radius 1 is 0.952 bits per heavy atom. The van der Waals surface area contributed by atoms with E-state index in [1.54, 1.807) is 7.11 Å². The van der Waals surface area contributed by atoms with Crippen molar-refractivity contribution < 1.29 is 9.47 Å². The highest BCUT2D eigenvalue weighted by Crippen LogP contribution is 2.20. The molecule has 0 unspecified atom stereocenters. The maximum absolute atomic E-state index is 5.99. The molecule has 1 N–H and O–H groups in total. The molecule has 0 aliphatic rings. The Hall–Kier alpha value is -1.84. The molecule has 112 valence electrons. The summed E-state index contributed by atoms with van der Waals surface area (Å²) in [5, 5.41) is 3.35. The molecule has 0 aromatic heterocycles. The van der Waals surface area contributed by atoms with Gasteiger partial charge in [0.05, 0.1) is 6.61 Å². The van der Waals surface area contributed by atoms with Crippen LogP contribution in [0.3, 0.4) is 0 Å². The highest BCUT2D eigenvalue weighted by atomic mass is 16.5. The van der Waals surface area contributed by atoms with E-state index in [4.69, 9.17) is 9.47 Å². The standard InChI is InChI=1S/C18H23NO2/c1-15-7-3-4-9-17(15)14-21-18-10-6-5-8-16(18)13-19-11-12-20-2/h3-10,19H,11-14H2,1-2H3. The number of nitrogens with one attached hydrogen (secondary N) is 1. The van der Waals surface area contributed by atoms with E-state index in [9.17, 15) is 0 Å². The topological polar surface area (TPSA) is 30.5 Å². The first-order valence-corrected chi connectivity index (χ1v) is 7.26. The minimum atomic E-state index is 0.599. The predicted octanol–water partition coefficient (Wildman–Crippen LogP) is 3.31. The summed E-state index contributed by atoms with van der Waals surface area (Å²) in [7, 11) is 1.71. The van der Waals surface area contributed by atoms with Crippen molar-refractivity contribution in [2.24, 2.45) is 0 Å². The van der Waals surface area contributed by atoms with Crippen molar-refractivity contribution in [1.29, 1.82) is 0 Å². The number of hydrogen-bond donors (Lipinski definition) is 1. The van der Waals surface area contributed by atoms with Crippen LogP contribution in [0.4, 0.5) is 0 Å². The summed E-state index contributed by atoms with van der Waals surface area (Å²) in [4.78, 5) is 0. The van der Waals surface area contributed by atoms with Crippen molar-refractivity contribution in [1.82, 2.24) is 5.32 Å². The number of aryl methyl sites for hydroxylation is 1. The lowest BCUT2D eigenvalue weighted by atomic mass is 10.1. The van der Waals surface area contributed by atoms with Gasteiger partial charge in [-0.25, -0.2) is 0 Å². The summed E-state index contributed by atoms with van der Waals surface area (Å²) in [6.07, 6.45) is 0. The van der Waals surface area contributed by atoms with E-state index in [-0.39, 0.29) is 0 Å². The molecular weight excluding hydrogens is 262 g/mol. The van der Waals surface area contributed by atoms with Gasteiger partial charge in [-0.1, -0.05) is 42.5 Å². The van der Waals surface area contributed by atoms with Crippen LogP contribution in [0, 0.1) is 6.92 Å². The minimum Gasteiger partial charge on any atom is -0.489 e. The molecule has 0 spiro atoms. The van der Waals surface area contributed by atoms with E-state index in [1.807, 2.05) is 30.3 Å². The van der Waals surface area contributed by atoms with Crippen molar-refractivity contribution >= 4 is 0 Å². The fourth-order valence-corrected chi connectivity index (χ4v) is 2.12. The molecule has 0 bridgehead atoms. The Morgan fingerprint density at radius 2 is 1.67 bits per heavy atom. The first-order chi connectivity index (χ1) is 10.3. The van der Waals surface area contributed by atoms with Crippen molar-refractivity contribution in [3.63, 3.8) is 0 Å². The Kier molecular flexibility index (Phi) is 6.25. The zero-order valence-corrected chi connectivity index (χ0v) is 12.8. The molecule has 3 heteroatoms. The third-order valence-corrected chi connectivity index (χ3v) is 3.42. The molecule has 2 aromatic carbocycles. The normalized spacial score (nSPS) is 10.6. The molecule has 0 fully saturated rings. The summed E-state index contributed by atoms with van der Waals surface area (Å²) in [5.41, 5.74) is 3.65. The summed E-state index contributed by atoms with van der Waals surface area (Å²) in [5.74, 6) is 0.936. The Labute approximate surface area is 126 Å². The van der Waals surface area contributed by atoms with E-state index < -0.39 is 0 Å². The van der Waals surface area contributed by atoms with Gasteiger partial charge < -0.3 is 14.8 Å². The van der Waals surface area contributed by atoms with E-state index in [0.717, 1.165) is 18.8 Å².